The summed E-state index contributed by atoms with van der Waals surface area (Å²) in [7, 11) is 0. The van der Waals surface area contributed by atoms with E-state index in [0.29, 0.717) is 23.5 Å². The second-order valence-electron chi connectivity index (χ2n) is 5.79. The Morgan fingerprint density at radius 3 is 2.84 bits per heavy atom. The maximum atomic E-state index is 11.7. The van der Waals surface area contributed by atoms with Gasteiger partial charge in [0.2, 0.25) is 0 Å². The first kappa shape index (κ1) is 16.5. The predicted octanol–water partition coefficient (Wildman–Crippen LogP) is 4.36. The lowest BCUT2D eigenvalue weighted by Crippen LogP contribution is -1.99. The highest BCUT2D eigenvalue weighted by Crippen LogP contribution is 2.32. The number of aromatic nitrogens is 1. The number of rotatable bonds is 4. The summed E-state index contributed by atoms with van der Waals surface area (Å²) < 4.78 is 11.4. The average molecular weight is 332 g/mol. The van der Waals surface area contributed by atoms with Crippen molar-refractivity contribution in [1.82, 2.24) is 4.98 Å². The molecule has 1 aromatic carbocycles. The van der Waals surface area contributed by atoms with E-state index in [1.165, 1.54) is 12.3 Å². The molecule has 0 aliphatic rings. The first-order valence-corrected chi connectivity index (χ1v) is 7.80. The molecule has 2 heterocycles. The number of benzene rings is 1. The standard InChI is InChI=1S/C20H16N2O3/c1-13(2)3-6-17-18(24-16-9-10-22-15(11-16)12-21)7-4-14-5-8-19(23)25-20(14)17/h3-5,7-11H,6H2,1-2H3. The molecule has 3 rings (SSSR count). The predicted molar refractivity (Wildman–Crippen MR) is 94.6 cm³/mol. The van der Waals surface area contributed by atoms with Crippen LogP contribution in [0.15, 0.2) is 63.5 Å². The third-order valence-corrected chi connectivity index (χ3v) is 3.64. The minimum absolute atomic E-state index is 0.274. The molecular formula is C20H16N2O3. The van der Waals surface area contributed by atoms with E-state index in [0.717, 1.165) is 16.5 Å². The summed E-state index contributed by atoms with van der Waals surface area (Å²) in [4.78, 5) is 15.6. The third kappa shape index (κ3) is 3.75. The molecule has 124 valence electrons. The molecule has 5 nitrogen and oxygen atoms in total. The third-order valence-electron chi connectivity index (χ3n) is 3.64. The van der Waals surface area contributed by atoms with E-state index in [4.69, 9.17) is 14.4 Å². The molecule has 0 fully saturated rings. The van der Waals surface area contributed by atoms with Gasteiger partial charge in [0, 0.05) is 29.3 Å². The molecule has 0 aliphatic heterocycles. The molecule has 5 heteroatoms. The topological polar surface area (TPSA) is 76.1 Å². The van der Waals surface area contributed by atoms with E-state index < -0.39 is 5.63 Å². The van der Waals surface area contributed by atoms with Crippen LogP contribution in [0.2, 0.25) is 0 Å². The molecule has 3 aromatic rings. The van der Waals surface area contributed by atoms with E-state index in [1.54, 1.807) is 18.2 Å². The van der Waals surface area contributed by atoms with E-state index in [2.05, 4.69) is 4.98 Å². The van der Waals surface area contributed by atoms with Crippen molar-refractivity contribution in [2.75, 3.05) is 0 Å². The molecular weight excluding hydrogens is 316 g/mol. The Hall–Kier alpha value is -3.39. The van der Waals surface area contributed by atoms with Crippen LogP contribution in [0.25, 0.3) is 11.0 Å². The summed E-state index contributed by atoms with van der Waals surface area (Å²) in [6, 6.07) is 12.0. The highest BCUT2D eigenvalue weighted by Gasteiger charge is 2.12. The molecule has 0 spiro atoms. The van der Waals surface area contributed by atoms with Gasteiger partial charge >= 0.3 is 5.63 Å². The van der Waals surface area contributed by atoms with E-state index in [9.17, 15) is 4.79 Å². The summed E-state index contributed by atoms with van der Waals surface area (Å²) in [5.41, 5.74) is 2.31. The Kier molecular flexibility index (Phi) is 4.62. The van der Waals surface area contributed by atoms with Gasteiger partial charge in [0.05, 0.1) is 0 Å². The molecule has 2 aromatic heterocycles. The summed E-state index contributed by atoms with van der Waals surface area (Å²) >= 11 is 0. The van der Waals surface area contributed by atoms with Crippen molar-refractivity contribution in [3.05, 3.63) is 75.9 Å². The van der Waals surface area contributed by atoms with Gasteiger partial charge in [-0.3, -0.25) is 0 Å². The highest BCUT2D eigenvalue weighted by molar-refractivity contribution is 5.82. The van der Waals surface area contributed by atoms with Crippen LogP contribution in [0.4, 0.5) is 0 Å². The summed E-state index contributed by atoms with van der Waals surface area (Å²) in [6.45, 7) is 4.01. The zero-order valence-electron chi connectivity index (χ0n) is 13.9. The molecule has 0 N–H and O–H groups in total. The Balaban J connectivity index is 2.12. The van der Waals surface area contributed by atoms with Gasteiger partial charge in [0.15, 0.2) is 0 Å². The molecule has 0 bridgehead atoms. The molecule has 0 unspecified atom stereocenters. The van der Waals surface area contributed by atoms with Crippen molar-refractivity contribution >= 4 is 11.0 Å². The number of pyridine rings is 1. The van der Waals surface area contributed by atoms with Crippen molar-refractivity contribution < 1.29 is 9.15 Å². The average Bonchev–Trinajstić information content (AvgIpc) is 2.60. The van der Waals surface area contributed by atoms with Gasteiger partial charge in [-0.15, -0.1) is 0 Å². The van der Waals surface area contributed by atoms with Crippen molar-refractivity contribution in [2.45, 2.75) is 20.3 Å². The van der Waals surface area contributed by atoms with Gasteiger partial charge in [-0.2, -0.15) is 5.26 Å². The van der Waals surface area contributed by atoms with Crippen molar-refractivity contribution in [1.29, 1.82) is 5.26 Å². The lowest BCUT2D eigenvalue weighted by molar-refractivity contribution is 0.473. The molecule has 0 aliphatic carbocycles. The molecule has 0 saturated carbocycles. The number of nitriles is 1. The fourth-order valence-electron chi connectivity index (χ4n) is 2.43. The maximum absolute atomic E-state index is 11.7. The van der Waals surface area contributed by atoms with Crippen LogP contribution in [0.5, 0.6) is 11.5 Å². The van der Waals surface area contributed by atoms with Crippen LogP contribution in [-0.4, -0.2) is 4.98 Å². The first-order valence-electron chi connectivity index (χ1n) is 7.80. The SMILES string of the molecule is CC(C)=CCc1c(Oc2ccnc(C#N)c2)ccc2ccc(=O)oc12. The monoisotopic (exact) mass is 332 g/mol. The minimum Gasteiger partial charge on any atom is -0.457 e. The van der Waals surface area contributed by atoms with Crippen molar-refractivity contribution in [3.8, 4) is 17.6 Å². The Bertz CT molecular complexity index is 1050. The van der Waals surface area contributed by atoms with Crippen LogP contribution in [0.3, 0.4) is 0 Å². The zero-order chi connectivity index (χ0) is 17.8. The summed E-state index contributed by atoms with van der Waals surface area (Å²) in [6.07, 6.45) is 4.13. The van der Waals surface area contributed by atoms with Crippen LogP contribution in [0.1, 0.15) is 25.1 Å². The van der Waals surface area contributed by atoms with Gasteiger partial charge < -0.3 is 9.15 Å². The van der Waals surface area contributed by atoms with E-state index >= 15 is 0 Å². The smallest absolute Gasteiger partial charge is 0.336 e. The first-order chi connectivity index (χ1) is 12.1. The zero-order valence-corrected chi connectivity index (χ0v) is 13.9. The number of ether oxygens (including phenoxy) is 1. The fourth-order valence-corrected chi connectivity index (χ4v) is 2.43. The highest BCUT2D eigenvalue weighted by atomic mass is 16.5. The second kappa shape index (κ2) is 7.02. The number of allylic oxidation sites excluding steroid dienone is 2. The molecule has 0 radical (unpaired) electrons. The Morgan fingerprint density at radius 2 is 2.08 bits per heavy atom. The maximum Gasteiger partial charge on any atom is 0.336 e. The van der Waals surface area contributed by atoms with Crippen molar-refractivity contribution in [2.24, 2.45) is 0 Å². The van der Waals surface area contributed by atoms with Crippen LogP contribution >= 0.6 is 0 Å². The second-order valence-corrected chi connectivity index (χ2v) is 5.79. The van der Waals surface area contributed by atoms with Gasteiger partial charge in [0.1, 0.15) is 28.8 Å². The molecule has 25 heavy (non-hydrogen) atoms. The van der Waals surface area contributed by atoms with Gasteiger partial charge in [-0.1, -0.05) is 11.6 Å². The van der Waals surface area contributed by atoms with Crippen molar-refractivity contribution in [3.63, 3.8) is 0 Å². The number of hydrogen-bond donors (Lipinski definition) is 0. The lowest BCUT2D eigenvalue weighted by atomic mass is 10.1. The Labute approximate surface area is 144 Å². The molecule has 0 saturated heterocycles. The van der Waals surface area contributed by atoms with E-state index in [-0.39, 0.29) is 5.69 Å². The fraction of sp³-hybridized carbons (Fsp3) is 0.150. The van der Waals surface area contributed by atoms with Gasteiger partial charge in [-0.05, 0) is 44.5 Å². The Morgan fingerprint density at radius 1 is 1.28 bits per heavy atom. The van der Waals surface area contributed by atoms with E-state index in [1.807, 2.05) is 38.1 Å². The number of hydrogen-bond acceptors (Lipinski definition) is 5. The quantitative estimate of drug-likeness (QED) is 0.524. The van der Waals surface area contributed by atoms with Crippen LogP contribution < -0.4 is 10.4 Å². The summed E-state index contributed by atoms with van der Waals surface area (Å²) in [5, 5.41) is 9.80. The van der Waals surface area contributed by atoms with Crippen LogP contribution in [-0.2, 0) is 6.42 Å². The summed E-state index contributed by atoms with van der Waals surface area (Å²) in [5.74, 6) is 1.08. The molecule has 0 atom stereocenters. The minimum atomic E-state index is -0.404. The largest absolute Gasteiger partial charge is 0.457 e. The lowest BCUT2D eigenvalue weighted by Gasteiger charge is -2.12. The normalized spacial score (nSPS) is 10.3. The number of nitrogens with zero attached hydrogens (tertiary/aromatic N) is 2. The van der Waals surface area contributed by atoms with Crippen LogP contribution in [0, 0.1) is 11.3 Å². The number of fused-ring (bicyclic) bond motifs is 1. The van der Waals surface area contributed by atoms with Gasteiger partial charge in [-0.25, -0.2) is 9.78 Å². The molecule has 0 amide bonds. The van der Waals surface area contributed by atoms with Gasteiger partial charge in [0.25, 0.3) is 0 Å².